The van der Waals surface area contributed by atoms with Gasteiger partial charge < -0.3 is 10.1 Å². The van der Waals surface area contributed by atoms with E-state index in [0.29, 0.717) is 6.54 Å². The lowest BCUT2D eigenvalue weighted by Crippen LogP contribution is -2.19. The first-order valence-electron chi connectivity index (χ1n) is 6.27. The minimum absolute atomic E-state index is 0.0299. The van der Waals surface area contributed by atoms with Crippen LogP contribution in [0.2, 0.25) is 0 Å². The molecule has 0 amide bonds. The summed E-state index contributed by atoms with van der Waals surface area (Å²) in [5.41, 5.74) is 0.788. The first-order valence-corrected chi connectivity index (χ1v) is 6.27. The van der Waals surface area contributed by atoms with Gasteiger partial charge in [-0.2, -0.15) is 13.2 Å². The van der Waals surface area contributed by atoms with Crippen LogP contribution in [0.5, 0.6) is 0 Å². The Balaban J connectivity index is 1.59. The highest BCUT2D eigenvalue weighted by atomic mass is 19.4. The number of nitrogens with one attached hydrogen (secondary N) is 1. The van der Waals surface area contributed by atoms with Crippen LogP contribution in [-0.2, 0) is 17.8 Å². The van der Waals surface area contributed by atoms with Gasteiger partial charge in [-0.3, -0.25) is 0 Å². The number of nitrogens with zero attached hydrogens (tertiary/aromatic N) is 3. The smallest absolute Gasteiger partial charge is 0.370 e. The molecule has 0 aliphatic heterocycles. The van der Waals surface area contributed by atoms with E-state index in [1.54, 1.807) is 6.20 Å². The molecule has 0 radical (unpaired) electrons. The molecule has 1 N–H and O–H groups in total. The maximum Gasteiger partial charge on any atom is 0.411 e. The number of aromatic nitrogens is 3. The Morgan fingerprint density at radius 3 is 2.89 bits per heavy atom. The van der Waals surface area contributed by atoms with Crippen LogP contribution in [0.25, 0.3) is 0 Å². The molecule has 8 heteroatoms. The molecular weight excluding hydrogens is 261 g/mol. The normalized spacial score (nSPS) is 15.9. The number of hydrogen-bond donors (Lipinski definition) is 1. The van der Waals surface area contributed by atoms with Gasteiger partial charge in [0.2, 0.25) is 0 Å². The van der Waals surface area contributed by atoms with Crippen molar-refractivity contribution in [3.63, 3.8) is 0 Å². The highest BCUT2D eigenvalue weighted by molar-refractivity contribution is 4.92. The lowest BCUT2D eigenvalue weighted by Gasteiger charge is -2.06. The van der Waals surface area contributed by atoms with Crippen molar-refractivity contribution in [2.75, 3.05) is 19.8 Å². The summed E-state index contributed by atoms with van der Waals surface area (Å²) in [6.07, 6.45) is 0.0174. The van der Waals surface area contributed by atoms with Crippen LogP contribution >= 0.6 is 0 Å². The molecule has 19 heavy (non-hydrogen) atoms. The molecule has 0 aromatic carbocycles. The van der Waals surface area contributed by atoms with Crippen LogP contribution in [0.4, 0.5) is 13.2 Å². The first-order chi connectivity index (χ1) is 9.03. The fourth-order valence-electron chi connectivity index (χ4n) is 1.60. The van der Waals surface area contributed by atoms with Crippen LogP contribution in [0.3, 0.4) is 0 Å². The van der Waals surface area contributed by atoms with Gasteiger partial charge in [0.1, 0.15) is 6.61 Å². The topological polar surface area (TPSA) is 52.0 Å². The molecule has 1 saturated carbocycles. The summed E-state index contributed by atoms with van der Waals surface area (Å²) >= 11 is 0. The van der Waals surface area contributed by atoms with Crippen LogP contribution in [0.15, 0.2) is 6.20 Å². The fourth-order valence-corrected chi connectivity index (χ4v) is 1.60. The van der Waals surface area contributed by atoms with E-state index in [2.05, 4.69) is 20.4 Å². The van der Waals surface area contributed by atoms with Crippen molar-refractivity contribution in [2.24, 2.45) is 5.92 Å². The molecule has 0 unspecified atom stereocenters. The zero-order valence-corrected chi connectivity index (χ0v) is 10.5. The number of alkyl halides is 3. The van der Waals surface area contributed by atoms with Crippen molar-refractivity contribution < 1.29 is 17.9 Å². The van der Waals surface area contributed by atoms with Crippen molar-refractivity contribution in [2.45, 2.75) is 32.1 Å². The van der Waals surface area contributed by atoms with Gasteiger partial charge in [0.05, 0.1) is 18.8 Å². The van der Waals surface area contributed by atoms with E-state index in [9.17, 15) is 13.2 Å². The van der Waals surface area contributed by atoms with Crippen LogP contribution < -0.4 is 5.32 Å². The summed E-state index contributed by atoms with van der Waals surface area (Å²) in [6, 6.07) is 0. The van der Waals surface area contributed by atoms with Gasteiger partial charge >= 0.3 is 6.18 Å². The Bertz CT molecular complexity index is 390. The third-order valence-corrected chi connectivity index (χ3v) is 2.75. The monoisotopic (exact) mass is 278 g/mol. The molecule has 1 fully saturated rings. The molecule has 0 atom stereocenters. The van der Waals surface area contributed by atoms with Gasteiger partial charge in [0.25, 0.3) is 0 Å². The second-order valence-corrected chi connectivity index (χ2v) is 4.71. The number of ether oxygens (including phenoxy) is 1. The molecule has 0 bridgehead atoms. The largest absolute Gasteiger partial charge is 0.411 e. The summed E-state index contributed by atoms with van der Waals surface area (Å²) in [4.78, 5) is 0. The predicted molar refractivity (Wildman–Crippen MR) is 61.3 cm³/mol. The van der Waals surface area contributed by atoms with Gasteiger partial charge in [-0.1, -0.05) is 5.21 Å². The molecule has 2 rings (SSSR count). The molecular formula is C11H17F3N4O. The van der Waals surface area contributed by atoms with Gasteiger partial charge in [-0.05, 0) is 25.3 Å². The Morgan fingerprint density at radius 2 is 2.21 bits per heavy atom. The highest BCUT2D eigenvalue weighted by Gasteiger charge is 2.27. The van der Waals surface area contributed by atoms with Crippen molar-refractivity contribution in [1.29, 1.82) is 0 Å². The van der Waals surface area contributed by atoms with Crippen LogP contribution in [0.1, 0.15) is 18.5 Å². The minimum Gasteiger partial charge on any atom is -0.370 e. The second-order valence-electron chi connectivity index (χ2n) is 4.71. The van der Waals surface area contributed by atoms with E-state index in [-0.39, 0.29) is 13.2 Å². The van der Waals surface area contributed by atoms with Gasteiger partial charge in [-0.25, -0.2) is 4.68 Å². The number of rotatable bonds is 8. The summed E-state index contributed by atoms with van der Waals surface area (Å²) in [6.45, 7) is 0.641. The lowest BCUT2D eigenvalue weighted by atomic mass is 10.4. The van der Waals surface area contributed by atoms with Gasteiger partial charge in [0, 0.05) is 12.7 Å². The molecule has 0 spiro atoms. The first kappa shape index (κ1) is 14.3. The SMILES string of the molecule is FC(F)(F)COCCn1cc(CNCC2CC2)nn1. The average molecular weight is 278 g/mol. The number of halogens is 3. The Morgan fingerprint density at radius 1 is 1.42 bits per heavy atom. The second kappa shape index (κ2) is 6.33. The molecule has 5 nitrogen and oxygen atoms in total. The molecule has 1 heterocycles. The lowest BCUT2D eigenvalue weighted by molar-refractivity contribution is -0.174. The predicted octanol–water partition coefficient (Wildman–Crippen LogP) is 1.36. The van der Waals surface area contributed by atoms with Gasteiger partial charge in [0.15, 0.2) is 0 Å². The number of hydrogen-bond acceptors (Lipinski definition) is 4. The zero-order valence-electron chi connectivity index (χ0n) is 10.5. The van der Waals surface area contributed by atoms with Crippen molar-refractivity contribution >= 4 is 0 Å². The van der Waals surface area contributed by atoms with Gasteiger partial charge in [-0.15, -0.1) is 5.10 Å². The average Bonchev–Trinajstić information content (AvgIpc) is 3.03. The summed E-state index contributed by atoms with van der Waals surface area (Å²) in [7, 11) is 0. The fraction of sp³-hybridized carbons (Fsp3) is 0.818. The maximum atomic E-state index is 11.8. The summed E-state index contributed by atoms with van der Waals surface area (Å²) < 4.78 is 41.5. The molecule has 1 aromatic heterocycles. The van der Waals surface area contributed by atoms with Crippen molar-refractivity contribution in [3.8, 4) is 0 Å². The molecule has 1 aliphatic carbocycles. The van der Waals surface area contributed by atoms with E-state index >= 15 is 0 Å². The molecule has 0 saturated heterocycles. The Hall–Kier alpha value is -1.15. The molecule has 1 aromatic rings. The van der Waals surface area contributed by atoms with E-state index in [0.717, 1.165) is 18.2 Å². The van der Waals surface area contributed by atoms with E-state index in [1.165, 1.54) is 17.5 Å². The third kappa shape index (κ3) is 6.02. The van der Waals surface area contributed by atoms with E-state index < -0.39 is 12.8 Å². The van der Waals surface area contributed by atoms with E-state index in [1.807, 2.05) is 0 Å². The Labute approximate surface area is 109 Å². The quantitative estimate of drug-likeness (QED) is 0.729. The Kier molecular flexibility index (Phi) is 4.76. The van der Waals surface area contributed by atoms with Crippen molar-refractivity contribution in [3.05, 3.63) is 11.9 Å². The third-order valence-electron chi connectivity index (χ3n) is 2.75. The molecule has 1 aliphatic rings. The minimum atomic E-state index is -4.28. The van der Waals surface area contributed by atoms with E-state index in [4.69, 9.17) is 0 Å². The standard InChI is InChI=1S/C11H17F3N4O/c12-11(13,14)8-19-4-3-18-7-10(16-17-18)6-15-5-9-1-2-9/h7,9,15H,1-6,8H2. The molecule has 108 valence electrons. The zero-order chi connectivity index (χ0) is 13.7. The van der Waals surface area contributed by atoms with Crippen LogP contribution in [-0.4, -0.2) is 40.9 Å². The maximum absolute atomic E-state index is 11.8. The summed E-state index contributed by atoms with van der Waals surface area (Å²) in [5, 5.41) is 11.0. The van der Waals surface area contributed by atoms with Crippen molar-refractivity contribution in [1.82, 2.24) is 20.3 Å². The van der Waals surface area contributed by atoms with Crippen LogP contribution in [0, 0.1) is 5.92 Å². The summed E-state index contributed by atoms with van der Waals surface area (Å²) in [5.74, 6) is 0.797. The highest BCUT2D eigenvalue weighted by Crippen LogP contribution is 2.27.